The number of aryl methyl sites for hydroxylation is 2. The molecule has 108 valence electrons. The van der Waals surface area contributed by atoms with E-state index in [0.29, 0.717) is 6.04 Å². The number of hydrogen-bond acceptors (Lipinski definition) is 2. The fourth-order valence-corrected chi connectivity index (χ4v) is 2.84. The van der Waals surface area contributed by atoms with Crippen LogP contribution >= 0.6 is 11.8 Å². The fourth-order valence-electron chi connectivity index (χ4n) is 1.96. The Morgan fingerprint density at radius 2 is 1.79 bits per heavy atom. The van der Waals surface area contributed by atoms with Gasteiger partial charge in [-0.1, -0.05) is 19.9 Å². The lowest BCUT2D eigenvalue weighted by atomic mass is 10.0. The summed E-state index contributed by atoms with van der Waals surface area (Å²) in [6, 6.07) is 7.39. The van der Waals surface area contributed by atoms with Gasteiger partial charge in [-0.2, -0.15) is 0 Å². The van der Waals surface area contributed by atoms with Gasteiger partial charge in [-0.25, -0.2) is 0 Å². The van der Waals surface area contributed by atoms with Crippen LogP contribution in [0.2, 0.25) is 0 Å². The summed E-state index contributed by atoms with van der Waals surface area (Å²) in [5.41, 5.74) is 2.77. The molecule has 1 unspecified atom stereocenters. The van der Waals surface area contributed by atoms with Gasteiger partial charge in [0, 0.05) is 23.2 Å². The molecule has 0 amide bonds. The second-order valence-electron chi connectivity index (χ2n) is 5.92. The summed E-state index contributed by atoms with van der Waals surface area (Å²) in [6.07, 6.45) is 2.60. The smallest absolute Gasteiger partial charge is 0.0106 e. The Kier molecular flexibility index (Phi) is 7.55. The molecule has 0 heterocycles. The molecule has 0 radical (unpaired) electrons. The highest BCUT2D eigenvalue weighted by Gasteiger charge is 2.03. The average molecular weight is 279 g/mol. The van der Waals surface area contributed by atoms with Crippen LogP contribution in [0.3, 0.4) is 0 Å². The Hall–Kier alpha value is -0.470. The van der Waals surface area contributed by atoms with Gasteiger partial charge >= 0.3 is 0 Å². The maximum Gasteiger partial charge on any atom is 0.0106 e. The van der Waals surface area contributed by atoms with Crippen molar-refractivity contribution in [1.82, 2.24) is 5.32 Å². The van der Waals surface area contributed by atoms with Gasteiger partial charge < -0.3 is 5.32 Å². The van der Waals surface area contributed by atoms with E-state index in [1.807, 2.05) is 11.8 Å². The predicted molar refractivity (Wildman–Crippen MR) is 88.2 cm³/mol. The van der Waals surface area contributed by atoms with Crippen molar-refractivity contribution in [3.05, 3.63) is 29.3 Å². The zero-order chi connectivity index (χ0) is 14.3. The zero-order valence-electron chi connectivity index (χ0n) is 13.1. The molecule has 0 fully saturated rings. The minimum atomic E-state index is 0.641. The molecule has 0 bridgehead atoms. The molecule has 0 aliphatic carbocycles. The third kappa shape index (κ3) is 7.03. The molecule has 19 heavy (non-hydrogen) atoms. The van der Waals surface area contributed by atoms with E-state index < -0.39 is 0 Å². The lowest BCUT2D eigenvalue weighted by molar-refractivity contribution is 0.460. The summed E-state index contributed by atoms with van der Waals surface area (Å²) in [6.45, 7) is 12.3. The van der Waals surface area contributed by atoms with Gasteiger partial charge in [0.15, 0.2) is 0 Å². The van der Waals surface area contributed by atoms with Gasteiger partial charge in [-0.15, -0.1) is 11.8 Å². The summed E-state index contributed by atoms with van der Waals surface area (Å²) >= 11 is 1.95. The van der Waals surface area contributed by atoms with Crippen LogP contribution in [0.5, 0.6) is 0 Å². The Morgan fingerprint density at radius 3 is 2.42 bits per heavy atom. The molecule has 1 aromatic rings. The first kappa shape index (κ1) is 16.6. The molecule has 1 rings (SSSR count). The summed E-state index contributed by atoms with van der Waals surface area (Å²) in [4.78, 5) is 1.39. The Balaban J connectivity index is 2.18. The summed E-state index contributed by atoms with van der Waals surface area (Å²) in [5, 5.41) is 3.61. The lowest BCUT2D eigenvalue weighted by Gasteiger charge is -2.14. The van der Waals surface area contributed by atoms with Crippen LogP contribution in [-0.4, -0.2) is 18.3 Å². The van der Waals surface area contributed by atoms with E-state index in [4.69, 9.17) is 0 Å². The standard InChI is InChI=1S/C17H29NS/c1-13(2)6-8-16(5)18-10-11-19-17-9-7-14(3)15(4)12-17/h7,9,12-13,16,18H,6,8,10-11H2,1-5H3. The minimum absolute atomic E-state index is 0.641. The van der Waals surface area contributed by atoms with Crippen LogP contribution in [-0.2, 0) is 0 Å². The second kappa shape index (κ2) is 8.65. The quantitative estimate of drug-likeness (QED) is 0.541. The monoisotopic (exact) mass is 279 g/mol. The first-order valence-corrected chi connectivity index (χ1v) is 8.41. The molecule has 1 nitrogen and oxygen atoms in total. The van der Waals surface area contributed by atoms with E-state index in [1.165, 1.54) is 28.9 Å². The highest BCUT2D eigenvalue weighted by molar-refractivity contribution is 7.99. The van der Waals surface area contributed by atoms with Gasteiger partial charge in [-0.3, -0.25) is 0 Å². The van der Waals surface area contributed by atoms with E-state index >= 15 is 0 Å². The first-order valence-electron chi connectivity index (χ1n) is 7.42. The van der Waals surface area contributed by atoms with Crippen molar-refractivity contribution in [3.8, 4) is 0 Å². The molecule has 1 aromatic carbocycles. The highest BCUT2D eigenvalue weighted by atomic mass is 32.2. The van der Waals surface area contributed by atoms with Crippen molar-refractivity contribution in [2.24, 2.45) is 5.92 Å². The highest BCUT2D eigenvalue weighted by Crippen LogP contribution is 2.20. The molecule has 0 spiro atoms. The van der Waals surface area contributed by atoms with Crippen molar-refractivity contribution < 1.29 is 0 Å². The average Bonchev–Trinajstić information content (AvgIpc) is 2.36. The van der Waals surface area contributed by atoms with E-state index in [-0.39, 0.29) is 0 Å². The summed E-state index contributed by atoms with van der Waals surface area (Å²) < 4.78 is 0. The molecule has 0 saturated carbocycles. The van der Waals surface area contributed by atoms with Gasteiger partial charge in [-0.05, 0) is 62.8 Å². The van der Waals surface area contributed by atoms with Gasteiger partial charge in [0.05, 0.1) is 0 Å². The molecule has 0 aliphatic rings. The van der Waals surface area contributed by atoms with Crippen LogP contribution < -0.4 is 5.32 Å². The number of thioether (sulfide) groups is 1. The van der Waals surface area contributed by atoms with Crippen LogP contribution in [0.25, 0.3) is 0 Å². The van der Waals surface area contributed by atoms with Crippen molar-refractivity contribution in [2.75, 3.05) is 12.3 Å². The van der Waals surface area contributed by atoms with Gasteiger partial charge in [0.1, 0.15) is 0 Å². The zero-order valence-corrected chi connectivity index (χ0v) is 13.9. The summed E-state index contributed by atoms with van der Waals surface area (Å²) in [7, 11) is 0. The normalized spacial score (nSPS) is 12.9. The first-order chi connectivity index (χ1) is 8.99. The maximum absolute atomic E-state index is 3.61. The Bertz CT molecular complexity index is 374. The molecule has 2 heteroatoms. The van der Waals surface area contributed by atoms with E-state index in [2.05, 4.69) is 58.1 Å². The van der Waals surface area contributed by atoms with E-state index in [1.54, 1.807) is 0 Å². The SMILES string of the molecule is Cc1ccc(SCCNC(C)CCC(C)C)cc1C. The molecule has 1 atom stereocenters. The van der Waals surface area contributed by atoms with Crippen molar-refractivity contribution in [1.29, 1.82) is 0 Å². The lowest BCUT2D eigenvalue weighted by Crippen LogP contribution is -2.28. The van der Waals surface area contributed by atoms with Crippen LogP contribution in [0.15, 0.2) is 23.1 Å². The fraction of sp³-hybridized carbons (Fsp3) is 0.647. The Labute approximate surface area is 123 Å². The molecular weight excluding hydrogens is 250 g/mol. The molecule has 0 saturated heterocycles. The van der Waals surface area contributed by atoms with E-state index in [9.17, 15) is 0 Å². The molecule has 0 aliphatic heterocycles. The van der Waals surface area contributed by atoms with Crippen LogP contribution in [0.4, 0.5) is 0 Å². The topological polar surface area (TPSA) is 12.0 Å². The second-order valence-corrected chi connectivity index (χ2v) is 7.09. The van der Waals surface area contributed by atoms with Crippen molar-refractivity contribution >= 4 is 11.8 Å². The third-order valence-corrected chi connectivity index (χ3v) is 4.51. The van der Waals surface area contributed by atoms with Crippen LogP contribution in [0, 0.1) is 19.8 Å². The molecule has 0 aromatic heterocycles. The van der Waals surface area contributed by atoms with Gasteiger partial charge in [0.25, 0.3) is 0 Å². The molecular formula is C17H29NS. The maximum atomic E-state index is 3.61. The van der Waals surface area contributed by atoms with Crippen molar-refractivity contribution in [3.63, 3.8) is 0 Å². The number of nitrogens with one attached hydrogen (secondary N) is 1. The predicted octanol–water partition coefficient (Wildman–Crippen LogP) is 4.81. The van der Waals surface area contributed by atoms with Crippen LogP contribution in [0.1, 0.15) is 44.7 Å². The number of hydrogen-bond donors (Lipinski definition) is 1. The number of benzene rings is 1. The third-order valence-electron chi connectivity index (χ3n) is 3.52. The van der Waals surface area contributed by atoms with Gasteiger partial charge in [0.2, 0.25) is 0 Å². The minimum Gasteiger partial charge on any atom is -0.313 e. The Morgan fingerprint density at radius 1 is 1.05 bits per heavy atom. The number of rotatable bonds is 8. The molecule has 1 N–H and O–H groups in total. The largest absolute Gasteiger partial charge is 0.313 e. The van der Waals surface area contributed by atoms with Crippen molar-refractivity contribution in [2.45, 2.75) is 58.4 Å². The summed E-state index contributed by atoms with van der Waals surface area (Å²) in [5.74, 6) is 1.96. The van der Waals surface area contributed by atoms with E-state index in [0.717, 1.165) is 18.2 Å².